The summed E-state index contributed by atoms with van der Waals surface area (Å²) < 4.78 is 66.2. The van der Waals surface area contributed by atoms with Gasteiger partial charge in [-0.15, -0.1) is 0 Å². The van der Waals surface area contributed by atoms with Crippen LogP contribution in [-0.4, -0.2) is 48.9 Å². The lowest BCUT2D eigenvalue weighted by Gasteiger charge is -2.22. The highest BCUT2D eigenvalue weighted by Gasteiger charge is 2.34. The van der Waals surface area contributed by atoms with Crippen molar-refractivity contribution in [3.05, 3.63) is 47.8 Å². The third-order valence-electron chi connectivity index (χ3n) is 5.05. The fourth-order valence-corrected chi connectivity index (χ4v) is 4.82. The third-order valence-corrected chi connectivity index (χ3v) is 6.96. The second-order valence-corrected chi connectivity index (χ2v) is 9.17. The maximum atomic E-state index is 13.0. The van der Waals surface area contributed by atoms with E-state index in [1.807, 2.05) is 12.1 Å². The lowest BCUT2D eigenvalue weighted by Crippen LogP contribution is -2.35. The minimum absolute atomic E-state index is 0.0376. The molecule has 6 nitrogen and oxygen atoms in total. The molecule has 0 unspecified atom stereocenters. The van der Waals surface area contributed by atoms with Gasteiger partial charge in [-0.1, -0.05) is 25.5 Å². The summed E-state index contributed by atoms with van der Waals surface area (Å²) in [4.78, 5) is 9.38. The minimum atomic E-state index is -4.55. The van der Waals surface area contributed by atoms with Crippen molar-refractivity contribution in [2.24, 2.45) is 0 Å². The largest absolute Gasteiger partial charge is 0.433 e. The molecule has 0 N–H and O–H groups in total. The molecule has 0 spiro atoms. The number of unbranched alkanes of at least 4 members (excludes halogenated alkanes) is 1. The highest BCUT2D eigenvalue weighted by molar-refractivity contribution is 7.89. The first kappa shape index (κ1) is 22.5. The predicted octanol–water partition coefficient (Wildman–Crippen LogP) is 3.74. The molecule has 30 heavy (non-hydrogen) atoms. The first-order valence-corrected chi connectivity index (χ1v) is 11.4. The molecule has 1 saturated heterocycles. The Kier molecular flexibility index (Phi) is 6.97. The van der Waals surface area contributed by atoms with Crippen molar-refractivity contribution in [3.63, 3.8) is 0 Å². The maximum Gasteiger partial charge on any atom is 0.433 e. The standard InChI is InChI=1S/C20H25F3N4O2S/c1-2-3-5-16-6-8-17(9-7-16)30(28,29)27-13-4-12-26(14-15-27)19-24-11-10-18(25-19)20(21,22)23/h6-11H,2-5,12-15H2,1H3. The van der Waals surface area contributed by atoms with Crippen LogP contribution in [0, 0.1) is 0 Å². The second kappa shape index (κ2) is 9.30. The Morgan fingerprint density at radius 1 is 1.03 bits per heavy atom. The van der Waals surface area contributed by atoms with Gasteiger partial charge in [-0.2, -0.15) is 17.5 Å². The Morgan fingerprint density at radius 2 is 1.77 bits per heavy atom. The van der Waals surface area contributed by atoms with Gasteiger partial charge in [-0.05, 0) is 43.0 Å². The number of aromatic nitrogens is 2. The molecule has 164 valence electrons. The molecule has 10 heteroatoms. The van der Waals surface area contributed by atoms with Crippen molar-refractivity contribution in [2.75, 3.05) is 31.1 Å². The molecule has 1 aromatic heterocycles. The van der Waals surface area contributed by atoms with Crippen LogP contribution in [0.5, 0.6) is 0 Å². The Morgan fingerprint density at radius 3 is 2.43 bits per heavy atom. The number of sulfonamides is 1. The monoisotopic (exact) mass is 442 g/mol. The van der Waals surface area contributed by atoms with Crippen molar-refractivity contribution < 1.29 is 21.6 Å². The Hall–Kier alpha value is -2.20. The number of anilines is 1. The molecule has 3 rings (SSSR count). The summed E-state index contributed by atoms with van der Waals surface area (Å²) in [5.74, 6) is -0.0376. The van der Waals surface area contributed by atoms with E-state index < -0.39 is 21.9 Å². The Bertz CT molecular complexity index is 949. The molecule has 0 amide bonds. The Balaban J connectivity index is 1.71. The molecule has 1 fully saturated rings. The average Bonchev–Trinajstić information content (AvgIpc) is 2.99. The maximum absolute atomic E-state index is 13.0. The van der Waals surface area contributed by atoms with Crippen molar-refractivity contribution in [1.29, 1.82) is 0 Å². The van der Waals surface area contributed by atoms with Gasteiger partial charge >= 0.3 is 6.18 Å². The van der Waals surface area contributed by atoms with E-state index in [0.29, 0.717) is 13.0 Å². The van der Waals surface area contributed by atoms with Crippen molar-refractivity contribution >= 4 is 16.0 Å². The molecular weight excluding hydrogens is 417 g/mol. The third kappa shape index (κ3) is 5.28. The molecule has 2 heterocycles. The van der Waals surface area contributed by atoms with Gasteiger partial charge in [-0.3, -0.25) is 0 Å². The van der Waals surface area contributed by atoms with E-state index in [4.69, 9.17) is 0 Å². The number of hydrogen-bond donors (Lipinski definition) is 0. The lowest BCUT2D eigenvalue weighted by molar-refractivity contribution is -0.141. The van der Waals surface area contributed by atoms with Crippen LogP contribution in [0.3, 0.4) is 0 Å². The molecule has 0 bridgehead atoms. The van der Waals surface area contributed by atoms with Crippen LogP contribution in [-0.2, 0) is 22.6 Å². The van der Waals surface area contributed by atoms with E-state index in [1.54, 1.807) is 17.0 Å². The summed E-state index contributed by atoms with van der Waals surface area (Å²) in [7, 11) is -3.67. The van der Waals surface area contributed by atoms with Crippen LogP contribution in [0.15, 0.2) is 41.4 Å². The SMILES string of the molecule is CCCCc1ccc(S(=O)(=O)N2CCCN(c3nccc(C(F)(F)F)n3)CC2)cc1. The number of halogens is 3. The van der Waals surface area contributed by atoms with Gasteiger partial charge in [0.15, 0.2) is 0 Å². The van der Waals surface area contributed by atoms with E-state index in [0.717, 1.165) is 37.1 Å². The van der Waals surface area contributed by atoms with E-state index in [2.05, 4.69) is 16.9 Å². The molecule has 0 radical (unpaired) electrons. The first-order valence-electron chi connectivity index (χ1n) is 9.96. The highest BCUT2D eigenvalue weighted by Crippen LogP contribution is 2.28. The van der Waals surface area contributed by atoms with Crippen LogP contribution in [0.25, 0.3) is 0 Å². The summed E-state index contributed by atoms with van der Waals surface area (Å²) >= 11 is 0. The number of nitrogens with zero attached hydrogens (tertiary/aromatic N) is 4. The van der Waals surface area contributed by atoms with E-state index in [1.165, 1.54) is 4.31 Å². The van der Waals surface area contributed by atoms with E-state index >= 15 is 0 Å². The first-order chi connectivity index (χ1) is 14.2. The van der Waals surface area contributed by atoms with Crippen molar-refractivity contribution in [1.82, 2.24) is 14.3 Å². The smallest absolute Gasteiger partial charge is 0.339 e. The van der Waals surface area contributed by atoms with E-state index in [9.17, 15) is 21.6 Å². The molecule has 0 atom stereocenters. The van der Waals surface area contributed by atoms with Crippen molar-refractivity contribution in [2.45, 2.75) is 43.7 Å². The average molecular weight is 443 g/mol. The molecule has 2 aromatic rings. The number of rotatable bonds is 6. The second-order valence-electron chi connectivity index (χ2n) is 7.23. The summed E-state index contributed by atoms with van der Waals surface area (Å²) in [6.07, 6.45) is 0.0123. The zero-order valence-corrected chi connectivity index (χ0v) is 17.6. The molecule has 0 aliphatic carbocycles. The normalized spacial score (nSPS) is 16.5. The summed E-state index contributed by atoms with van der Waals surface area (Å²) in [6, 6.07) is 7.74. The lowest BCUT2D eigenvalue weighted by atomic mass is 10.1. The van der Waals surface area contributed by atoms with Crippen molar-refractivity contribution in [3.8, 4) is 0 Å². The van der Waals surface area contributed by atoms with Gasteiger partial charge in [0.05, 0.1) is 4.90 Å². The number of benzene rings is 1. The number of hydrogen-bond acceptors (Lipinski definition) is 5. The molecule has 1 aliphatic heterocycles. The van der Waals surface area contributed by atoms with Crippen LogP contribution in [0.4, 0.5) is 19.1 Å². The summed E-state index contributed by atoms with van der Waals surface area (Å²) in [6.45, 7) is 3.14. The minimum Gasteiger partial charge on any atom is -0.339 e. The van der Waals surface area contributed by atoms with Gasteiger partial charge in [0.25, 0.3) is 0 Å². The zero-order chi connectivity index (χ0) is 21.8. The van der Waals surface area contributed by atoms with Crippen LogP contribution < -0.4 is 4.90 Å². The van der Waals surface area contributed by atoms with Crippen LogP contribution >= 0.6 is 0 Å². The van der Waals surface area contributed by atoms with Gasteiger partial charge in [-0.25, -0.2) is 18.4 Å². The fraction of sp³-hybridized carbons (Fsp3) is 0.500. The summed E-state index contributed by atoms with van der Waals surface area (Å²) in [5, 5.41) is 0. The predicted molar refractivity (Wildman–Crippen MR) is 108 cm³/mol. The van der Waals surface area contributed by atoms with Crippen LogP contribution in [0.1, 0.15) is 37.4 Å². The van der Waals surface area contributed by atoms with Gasteiger partial charge in [0.1, 0.15) is 5.69 Å². The fourth-order valence-electron chi connectivity index (χ4n) is 3.35. The molecular formula is C20H25F3N4O2S. The highest BCUT2D eigenvalue weighted by atomic mass is 32.2. The molecule has 0 saturated carbocycles. The quantitative estimate of drug-likeness (QED) is 0.682. The van der Waals surface area contributed by atoms with Crippen LogP contribution in [0.2, 0.25) is 0 Å². The van der Waals surface area contributed by atoms with E-state index in [-0.39, 0.29) is 30.5 Å². The number of aryl methyl sites for hydroxylation is 1. The van der Waals surface area contributed by atoms with Gasteiger partial charge in [0.2, 0.25) is 16.0 Å². The topological polar surface area (TPSA) is 66.4 Å². The zero-order valence-electron chi connectivity index (χ0n) is 16.8. The van der Waals surface area contributed by atoms with Gasteiger partial charge < -0.3 is 4.90 Å². The van der Waals surface area contributed by atoms with Gasteiger partial charge in [0, 0.05) is 32.4 Å². The Labute approximate surface area is 174 Å². The molecule has 1 aromatic carbocycles. The number of alkyl halides is 3. The summed E-state index contributed by atoms with van der Waals surface area (Å²) in [5.41, 5.74) is 0.0870. The molecule has 1 aliphatic rings.